The van der Waals surface area contributed by atoms with Gasteiger partial charge in [0.05, 0.1) is 0 Å². The molecule has 1 atom stereocenters. The van der Waals surface area contributed by atoms with E-state index in [1.807, 2.05) is 31.2 Å². The summed E-state index contributed by atoms with van der Waals surface area (Å²) >= 11 is 1.65. The van der Waals surface area contributed by atoms with Crippen molar-refractivity contribution in [3.63, 3.8) is 0 Å². The largest absolute Gasteiger partial charge is 0.452 e. The molecule has 5 nitrogen and oxygen atoms in total. The number of anilines is 1. The third kappa shape index (κ3) is 3.93. The van der Waals surface area contributed by atoms with Gasteiger partial charge in [-0.15, -0.1) is 10.2 Å². The molecule has 1 aromatic carbocycles. The molecule has 0 unspecified atom stereocenters. The number of rotatable bonds is 6. The fourth-order valence-electron chi connectivity index (χ4n) is 2.53. The lowest BCUT2D eigenvalue weighted by atomic mass is 10.1. The van der Waals surface area contributed by atoms with Gasteiger partial charge in [-0.05, 0) is 19.4 Å². The van der Waals surface area contributed by atoms with Crippen LogP contribution in [0.2, 0.25) is 0 Å². The Hall–Kier alpha value is -1.82. The molecule has 122 valence electrons. The van der Waals surface area contributed by atoms with E-state index in [9.17, 15) is 0 Å². The summed E-state index contributed by atoms with van der Waals surface area (Å²) in [5.41, 5.74) is 2.67. The third-order valence-electron chi connectivity index (χ3n) is 3.69. The number of hydrogen-bond donors (Lipinski definition) is 1. The second-order valence-electron chi connectivity index (χ2n) is 5.61. The molecule has 2 aromatic rings. The monoisotopic (exact) mass is 330 g/mol. The maximum atomic E-state index is 5.89. The number of unbranched alkanes of at least 4 members (excludes halogenated alkanes) is 3. The van der Waals surface area contributed by atoms with Gasteiger partial charge < -0.3 is 10.1 Å². The zero-order chi connectivity index (χ0) is 16.1. The van der Waals surface area contributed by atoms with Crippen LogP contribution in [-0.2, 0) is 0 Å². The minimum Gasteiger partial charge on any atom is -0.452 e. The predicted octanol–water partition coefficient (Wildman–Crippen LogP) is 4.36. The van der Waals surface area contributed by atoms with E-state index in [4.69, 9.17) is 4.74 Å². The quantitative estimate of drug-likeness (QED) is 0.627. The van der Waals surface area contributed by atoms with Crippen molar-refractivity contribution in [1.29, 1.82) is 0 Å². The third-order valence-corrected chi connectivity index (χ3v) is 4.62. The first-order valence-corrected chi connectivity index (χ1v) is 9.16. The number of ether oxygens (including phenoxy) is 1. The summed E-state index contributed by atoms with van der Waals surface area (Å²) in [6.07, 6.45) is 4.82. The standard InChI is InChI=1S/C17H22N4OS/c1-3-4-5-8-11-23-17-19-16-15(20-21-17)13-9-6-7-10-14(13)18-12(2)22-16/h6-7,9-10,12,18H,3-5,8,11H2,1-2H3/t12-/m0/s1. The molecule has 1 aromatic heterocycles. The molecule has 1 aliphatic rings. The molecule has 0 saturated heterocycles. The van der Waals surface area contributed by atoms with E-state index in [0.29, 0.717) is 16.7 Å². The van der Waals surface area contributed by atoms with Gasteiger partial charge in [-0.25, -0.2) is 0 Å². The SMILES string of the molecule is CCCCCCSc1nnc2c(n1)O[C@@H](C)Nc1ccccc1-2. The Bertz CT molecular complexity index is 665. The lowest BCUT2D eigenvalue weighted by Gasteiger charge is -2.13. The Morgan fingerprint density at radius 3 is 2.91 bits per heavy atom. The number of aromatic nitrogens is 3. The summed E-state index contributed by atoms with van der Waals surface area (Å²) in [6, 6.07) is 8.00. The van der Waals surface area contributed by atoms with Crippen LogP contribution in [0.1, 0.15) is 39.5 Å². The van der Waals surface area contributed by atoms with Crippen LogP contribution < -0.4 is 10.1 Å². The van der Waals surface area contributed by atoms with E-state index >= 15 is 0 Å². The molecule has 0 fully saturated rings. The molecular weight excluding hydrogens is 308 g/mol. The van der Waals surface area contributed by atoms with E-state index in [2.05, 4.69) is 27.4 Å². The molecule has 23 heavy (non-hydrogen) atoms. The summed E-state index contributed by atoms with van der Waals surface area (Å²) in [6.45, 7) is 4.18. The smallest absolute Gasteiger partial charge is 0.247 e. The van der Waals surface area contributed by atoms with Gasteiger partial charge in [-0.2, -0.15) is 4.98 Å². The topological polar surface area (TPSA) is 59.9 Å². The molecule has 1 aliphatic heterocycles. The van der Waals surface area contributed by atoms with Gasteiger partial charge in [0.1, 0.15) is 0 Å². The predicted molar refractivity (Wildman–Crippen MR) is 93.8 cm³/mol. The van der Waals surface area contributed by atoms with Gasteiger partial charge in [0.25, 0.3) is 0 Å². The lowest BCUT2D eigenvalue weighted by Crippen LogP contribution is -2.21. The zero-order valence-electron chi connectivity index (χ0n) is 13.6. The average molecular weight is 330 g/mol. The van der Waals surface area contributed by atoms with E-state index in [1.165, 1.54) is 25.7 Å². The molecule has 1 N–H and O–H groups in total. The van der Waals surface area contributed by atoms with Gasteiger partial charge in [0, 0.05) is 17.0 Å². The lowest BCUT2D eigenvalue weighted by molar-refractivity contribution is 0.240. The normalized spacial score (nSPS) is 15.8. The molecule has 0 saturated carbocycles. The van der Waals surface area contributed by atoms with Crippen molar-refractivity contribution in [1.82, 2.24) is 15.2 Å². The Balaban J connectivity index is 1.77. The van der Waals surface area contributed by atoms with Crippen molar-refractivity contribution in [3.8, 4) is 17.1 Å². The molecule has 6 heteroatoms. The van der Waals surface area contributed by atoms with Crippen LogP contribution in [-0.4, -0.2) is 27.2 Å². The minimum atomic E-state index is -0.156. The van der Waals surface area contributed by atoms with Crippen molar-refractivity contribution in [2.24, 2.45) is 0 Å². The Morgan fingerprint density at radius 2 is 2.04 bits per heavy atom. The molecule has 0 radical (unpaired) electrons. The van der Waals surface area contributed by atoms with Crippen LogP contribution in [0, 0.1) is 0 Å². The van der Waals surface area contributed by atoms with Crippen LogP contribution in [0.3, 0.4) is 0 Å². The summed E-state index contributed by atoms with van der Waals surface area (Å²) in [7, 11) is 0. The highest BCUT2D eigenvalue weighted by Crippen LogP contribution is 2.36. The molecule has 0 amide bonds. The maximum absolute atomic E-state index is 5.89. The van der Waals surface area contributed by atoms with Crippen molar-refractivity contribution < 1.29 is 4.74 Å². The second kappa shape index (κ2) is 7.64. The molecular formula is C17H22N4OS. The number of nitrogens with one attached hydrogen (secondary N) is 1. The maximum Gasteiger partial charge on any atom is 0.247 e. The summed E-state index contributed by atoms with van der Waals surface area (Å²) < 4.78 is 5.89. The van der Waals surface area contributed by atoms with Crippen molar-refractivity contribution >= 4 is 17.4 Å². The highest BCUT2D eigenvalue weighted by molar-refractivity contribution is 7.99. The summed E-state index contributed by atoms with van der Waals surface area (Å²) in [4.78, 5) is 4.57. The van der Waals surface area contributed by atoms with Crippen molar-refractivity contribution in [2.75, 3.05) is 11.1 Å². The molecule has 0 aliphatic carbocycles. The Kier molecular flexibility index (Phi) is 5.33. The van der Waals surface area contributed by atoms with Gasteiger partial charge in [0.2, 0.25) is 11.0 Å². The fourth-order valence-corrected chi connectivity index (χ4v) is 3.31. The first kappa shape index (κ1) is 16.1. The van der Waals surface area contributed by atoms with Crippen LogP contribution in [0.25, 0.3) is 11.3 Å². The number of benzene rings is 1. The van der Waals surface area contributed by atoms with E-state index < -0.39 is 0 Å². The summed E-state index contributed by atoms with van der Waals surface area (Å²) in [5.74, 6) is 1.58. The van der Waals surface area contributed by atoms with E-state index in [1.54, 1.807) is 11.8 Å². The first-order valence-electron chi connectivity index (χ1n) is 8.18. The minimum absolute atomic E-state index is 0.156. The molecule has 3 rings (SSSR count). The average Bonchev–Trinajstić information content (AvgIpc) is 2.69. The van der Waals surface area contributed by atoms with Gasteiger partial charge >= 0.3 is 0 Å². The van der Waals surface area contributed by atoms with Gasteiger partial charge in [0.15, 0.2) is 11.9 Å². The highest BCUT2D eigenvalue weighted by Gasteiger charge is 2.22. The van der Waals surface area contributed by atoms with Crippen LogP contribution in [0.5, 0.6) is 5.88 Å². The first-order chi connectivity index (χ1) is 11.3. The summed E-state index contributed by atoms with van der Waals surface area (Å²) in [5, 5.41) is 12.6. The number of thioether (sulfide) groups is 1. The van der Waals surface area contributed by atoms with Gasteiger partial charge in [-0.1, -0.05) is 56.1 Å². The van der Waals surface area contributed by atoms with Crippen LogP contribution in [0.15, 0.2) is 29.4 Å². The number of fused-ring (bicyclic) bond motifs is 3. The molecule has 0 spiro atoms. The van der Waals surface area contributed by atoms with Crippen LogP contribution >= 0.6 is 11.8 Å². The van der Waals surface area contributed by atoms with Gasteiger partial charge in [-0.3, -0.25) is 0 Å². The molecule has 0 bridgehead atoms. The van der Waals surface area contributed by atoms with Crippen molar-refractivity contribution in [3.05, 3.63) is 24.3 Å². The van der Waals surface area contributed by atoms with Crippen molar-refractivity contribution in [2.45, 2.75) is 50.9 Å². The second-order valence-corrected chi connectivity index (χ2v) is 6.67. The molecule has 2 heterocycles. The number of nitrogens with zero attached hydrogens (tertiary/aromatic N) is 3. The Labute approximate surface area is 141 Å². The Morgan fingerprint density at radius 1 is 1.17 bits per heavy atom. The zero-order valence-corrected chi connectivity index (χ0v) is 14.4. The number of hydrogen-bond acceptors (Lipinski definition) is 6. The fraction of sp³-hybridized carbons (Fsp3) is 0.471. The number of para-hydroxylation sites is 1. The van der Waals surface area contributed by atoms with E-state index in [-0.39, 0.29) is 6.23 Å². The van der Waals surface area contributed by atoms with Crippen LogP contribution in [0.4, 0.5) is 5.69 Å². The van der Waals surface area contributed by atoms with E-state index in [0.717, 1.165) is 17.0 Å². The highest BCUT2D eigenvalue weighted by atomic mass is 32.2.